The van der Waals surface area contributed by atoms with Crippen LogP contribution >= 0.6 is 0 Å². The topological polar surface area (TPSA) is 59.3 Å². The Bertz CT molecular complexity index is 330. The molecule has 0 aliphatic heterocycles. The van der Waals surface area contributed by atoms with Gasteiger partial charge in [0, 0.05) is 6.42 Å². The van der Waals surface area contributed by atoms with E-state index in [2.05, 4.69) is 5.32 Å². The molecule has 0 radical (unpaired) electrons. The number of carbonyl (C=O) groups is 2. The fraction of sp³-hybridized carbons (Fsp3) is 0.455. The van der Waals surface area contributed by atoms with Crippen LogP contribution in [-0.4, -0.2) is 17.7 Å². The van der Waals surface area contributed by atoms with E-state index in [0.717, 1.165) is 6.42 Å². The number of hydrogen-bond acceptors (Lipinski definition) is 3. The molecule has 0 spiro atoms. The van der Waals surface area contributed by atoms with Crippen molar-refractivity contribution in [2.24, 2.45) is 0 Å². The molecule has 4 heteroatoms. The van der Waals surface area contributed by atoms with Crippen molar-refractivity contribution in [3.05, 3.63) is 24.2 Å². The Balaban J connectivity index is 2.48. The monoisotopic (exact) mass is 209 g/mol. The van der Waals surface area contributed by atoms with E-state index in [1.807, 2.05) is 6.92 Å². The largest absolute Gasteiger partial charge is 0.459 e. The SMILES string of the molecule is CCCC(=O)[C@H](C)NC(=O)c1ccco1. The lowest BCUT2D eigenvalue weighted by Crippen LogP contribution is -2.38. The summed E-state index contributed by atoms with van der Waals surface area (Å²) in [5, 5.41) is 2.58. The van der Waals surface area contributed by atoms with Crippen LogP contribution in [0.1, 0.15) is 37.2 Å². The molecule has 1 aromatic rings. The number of nitrogens with one attached hydrogen (secondary N) is 1. The van der Waals surface area contributed by atoms with Gasteiger partial charge in [-0.15, -0.1) is 0 Å². The van der Waals surface area contributed by atoms with Crippen LogP contribution in [0.4, 0.5) is 0 Å². The molecule has 1 N–H and O–H groups in total. The van der Waals surface area contributed by atoms with Gasteiger partial charge in [-0.05, 0) is 25.5 Å². The molecule has 0 fully saturated rings. The third kappa shape index (κ3) is 3.23. The maximum atomic E-state index is 11.5. The van der Waals surface area contributed by atoms with Crippen molar-refractivity contribution < 1.29 is 14.0 Å². The van der Waals surface area contributed by atoms with Gasteiger partial charge in [0.2, 0.25) is 0 Å². The van der Waals surface area contributed by atoms with Gasteiger partial charge in [0.05, 0.1) is 12.3 Å². The number of Topliss-reactive ketones (excluding diaryl/α,β-unsaturated/α-hetero) is 1. The van der Waals surface area contributed by atoms with Gasteiger partial charge in [-0.1, -0.05) is 6.92 Å². The van der Waals surface area contributed by atoms with Crippen LogP contribution < -0.4 is 5.32 Å². The summed E-state index contributed by atoms with van der Waals surface area (Å²) < 4.78 is 4.91. The highest BCUT2D eigenvalue weighted by Crippen LogP contribution is 2.01. The molecule has 1 atom stereocenters. The minimum absolute atomic E-state index is 0.0393. The predicted molar refractivity (Wildman–Crippen MR) is 55.6 cm³/mol. The molecule has 0 saturated carbocycles. The van der Waals surface area contributed by atoms with Gasteiger partial charge in [-0.25, -0.2) is 0 Å². The Labute approximate surface area is 88.7 Å². The molecule has 82 valence electrons. The zero-order chi connectivity index (χ0) is 11.3. The van der Waals surface area contributed by atoms with Crippen LogP contribution in [0.25, 0.3) is 0 Å². The van der Waals surface area contributed by atoms with Crippen molar-refractivity contribution in [3.8, 4) is 0 Å². The van der Waals surface area contributed by atoms with Crippen LogP contribution in [0.15, 0.2) is 22.8 Å². The molecule has 0 unspecified atom stereocenters. The van der Waals surface area contributed by atoms with E-state index in [1.54, 1.807) is 19.1 Å². The van der Waals surface area contributed by atoms with Crippen LogP contribution in [0.5, 0.6) is 0 Å². The van der Waals surface area contributed by atoms with Crippen LogP contribution in [0.2, 0.25) is 0 Å². The lowest BCUT2D eigenvalue weighted by molar-refractivity contribution is -0.120. The van der Waals surface area contributed by atoms with Crippen molar-refractivity contribution in [1.82, 2.24) is 5.32 Å². The molecule has 1 heterocycles. The highest BCUT2D eigenvalue weighted by molar-refractivity contribution is 5.95. The molecular weight excluding hydrogens is 194 g/mol. The van der Waals surface area contributed by atoms with Crippen LogP contribution in [0, 0.1) is 0 Å². The van der Waals surface area contributed by atoms with Gasteiger partial charge in [0.1, 0.15) is 0 Å². The quantitative estimate of drug-likeness (QED) is 0.803. The zero-order valence-electron chi connectivity index (χ0n) is 8.95. The first-order valence-electron chi connectivity index (χ1n) is 5.02. The normalized spacial score (nSPS) is 12.1. The minimum Gasteiger partial charge on any atom is -0.459 e. The number of amides is 1. The molecule has 1 amide bonds. The second-order valence-corrected chi connectivity index (χ2v) is 3.39. The van der Waals surface area contributed by atoms with E-state index in [1.165, 1.54) is 6.26 Å². The molecule has 4 nitrogen and oxygen atoms in total. The third-order valence-electron chi connectivity index (χ3n) is 2.07. The first kappa shape index (κ1) is 11.5. The molecule has 0 bridgehead atoms. The lowest BCUT2D eigenvalue weighted by atomic mass is 10.1. The number of hydrogen-bond donors (Lipinski definition) is 1. The summed E-state index contributed by atoms with van der Waals surface area (Å²) in [6.45, 7) is 3.61. The Hall–Kier alpha value is -1.58. The van der Waals surface area contributed by atoms with E-state index in [4.69, 9.17) is 4.42 Å². The molecule has 15 heavy (non-hydrogen) atoms. The Morgan fingerprint density at radius 3 is 2.80 bits per heavy atom. The van der Waals surface area contributed by atoms with Gasteiger partial charge in [-0.2, -0.15) is 0 Å². The highest BCUT2D eigenvalue weighted by Gasteiger charge is 2.16. The van der Waals surface area contributed by atoms with Crippen molar-refractivity contribution in [2.45, 2.75) is 32.7 Å². The maximum absolute atomic E-state index is 11.5. The van der Waals surface area contributed by atoms with E-state index in [-0.39, 0.29) is 17.5 Å². The number of rotatable bonds is 5. The lowest BCUT2D eigenvalue weighted by Gasteiger charge is -2.10. The first-order chi connectivity index (χ1) is 7.15. The standard InChI is InChI=1S/C11H15NO3/c1-3-5-9(13)8(2)12-11(14)10-6-4-7-15-10/h4,6-8H,3,5H2,1-2H3,(H,12,14)/t8-/m0/s1. The Morgan fingerprint density at radius 2 is 2.27 bits per heavy atom. The Kier molecular flexibility index (Phi) is 4.09. The van der Waals surface area contributed by atoms with Crippen molar-refractivity contribution in [1.29, 1.82) is 0 Å². The van der Waals surface area contributed by atoms with Crippen LogP contribution in [-0.2, 0) is 4.79 Å². The van der Waals surface area contributed by atoms with Crippen molar-refractivity contribution in [3.63, 3.8) is 0 Å². The van der Waals surface area contributed by atoms with Gasteiger partial charge >= 0.3 is 0 Å². The molecular formula is C11H15NO3. The molecule has 0 saturated heterocycles. The Morgan fingerprint density at radius 1 is 1.53 bits per heavy atom. The fourth-order valence-corrected chi connectivity index (χ4v) is 1.22. The number of furan rings is 1. The van der Waals surface area contributed by atoms with Crippen LogP contribution in [0.3, 0.4) is 0 Å². The average molecular weight is 209 g/mol. The van der Waals surface area contributed by atoms with Crippen molar-refractivity contribution >= 4 is 11.7 Å². The van der Waals surface area contributed by atoms with E-state index < -0.39 is 6.04 Å². The van der Waals surface area contributed by atoms with Crippen molar-refractivity contribution in [2.75, 3.05) is 0 Å². The molecule has 0 aliphatic rings. The molecule has 0 aromatic carbocycles. The maximum Gasteiger partial charge on any atom is 0.287 e. The van der Waals surface area contributed by atoms with E-state index >= 15 is 0 Å². The van der Waals surface area contributed by atoms with Gasteiger partial charge in [0.25, 0.3) is 5.91 Å². The molecule has 1 rings (SSSR count). The minimum atomic E-state index is -0.456. The second kappa shape index (κ2) is 5.34. The summed E-state index contributed by atoms with van der Waals surface area (Å²) >= 11 is 0. The van der Waals surface area contributed by atoms with Gasteiger partial charge in [-0.3, -0.25) is 9.59 Å². The smallest absolute Gasteiger partial charge is 0.287 e. The van der Waals surface area contributed by atoms with Gasteiger partial charge in [0.15, 0.2) is 11.5 Å². The first-order valence-corrected chi connectivity index (χ1v) is 5.02. The summed E-state index contributed by atoms with van der Waals surface area (Å²) in [6.07, 6.45) is 2.70. The summed E-state index contributed by atoms with van der Waals surface area (Å²) in [6, 6.07) is 2.74. The average Bonchev–Trinajstić information content (AvgIpc) is 2.70. The number of carbonyl (C=O) groups excluding carboxylic acids is 2. The molecule has 1 aromatic heterocycles. The second-order valence-electron chi connectivity index (χ2n) is 3.39. The van der Waals surface area contributed by atoms with Gasteiger partial charge < -0.3 is 9.73 Å². The summed E-state index contributed by atoms with van der Waals surface area (Å²) in [5.74, 6) is -0.0829. The summed E-state index contributed by atoms with van der Waals surface area (Å²) in [7, 11) is 0. The summed E-state index contributed by atoms with van der Waals surface area (Å²) in [4.78, 5) is 22.9. The fourth-order valence-electron chi connectivity index (χ4n) is 1.22. The predicted octanol–water partition coefficient (Wildman–Crippen LogP) is 1.77. The number of ketones is 1. The molecule has 0 aliphatic carbocycles. The van der Waals surface area contributed by atoms with E-state index in [0.29, 0.717) is 6.42 Å². The summed E-state index contributed by atoms with van der Waals surface area (Å²) in [5.41, 5.74) is 0. The zero-order valence-corrected chi connectivity index (χ0v) is 8.95. The highest BCUT2D eigenvalue weighted by atomic mass is 16.3. The van der Waals surface area contributed by atoms with E-state index in [9.17, 15) is 9.59 Å². The third-order valence-corrected chi connectivity index (χ3v) is 2.07.